The number of ether oxygens (including phenoxy) is 1. The van der Waals surface area contributed by atoms with Crippen LogP contribution >= 0.6 is 0 Å². The number of rotatable bonds is 9. The number of carbonyl (C=O) groups excluding carboxylic acids is 3. The highest BCUT2D eigenvalue weighted by molar-refractivity contribution is 6.02. The van der Waals surface area contributed by atoms with Crippen molar-refractivity contribution in [3.8, 4) is 11.5 Å². The molecule has 0 aliphatic heterocycles. The quantitative estimate of drug-likeness (QED) is 0.188. The Morgan fingerprint density at radius 1 is 0.651 bits per heavy atom. The number of aromatic nitrogens is 1. The number of para-hydroxylation sites is 1. The summed E-state index contributed by atoms with van der Waals surface area (Å²) < 4.78 is 82.9. The Hall–Kier alpha value is -5.27. The van der Waals surface area contributed by atoms with E-state index in [1.54, 1.807) is 30.3 Å². The lowest BCUT2D eigenvalue weighted by Gasteiger charge is -2.21. The van der Waals surface area contributed by atoms with Gasteiger partial charge in [0.15, 0.2) is 0 Å². The SMILES string of the molecule is O=C(CN(CC(=O)Nc1ccc(Oc2ccc(C(F)(F)F)cc2)cc1)C(=O)c1ccc(C(F)(F)F)[nH]1)Nc1ccccc1. The van der Waals surface area contributed by atoms with Crippen molar-refractivity contribution in [1.29, 1.82) is 0 Å². The fraction of sp³-hybridized carbons (Fsp3) is 0.138. The van der Waals surface area contributed by atoms with Crippen molar-refractivity contribution in [1.82, 2.24) is 9.88 Å². The molecule has 14 heteroatoms. The Morgan fingerprint density at radius 3 is 1.65 bits per heavy atom. The first-order chi connectivity index (χ1) is 20.3. The number of anilines is 2. The third-order valence-corrected chi connectivity index (χ3v) is 5.79. The molecule has 224 valence electrons. The number of benzene rings is 3. The maximum atomic E-state index is 13.0. The van der Waals surface area contributed by atoms with E-state index in [0.29, 0.717) is 11.8 Å². The van der Waals surface area contributed by atoms with Crippen LogP contribution in [0.5, 0.6) is 11.5 Å². The van der Waals surface area contributed by atoms with Gasteiger partial charge in [-0.3, -0.25) is 14.4 Å². The first-order valence-electron chi connectivity index (χ1n) is 12.4. The number of hydrogen-bond acceptors (Lipinski definition) is 4. The van der Waals surface area contributed by atoms with Crippen molar-refractivity contribution in [2.45, 2.75) is 12.4 Å². The van der Waals surface area contributed by atoms with E-state index in [1.807, 2.05) is 4.98 Å². The highest BCUT2D eigenvalue weighted by atomic mass is 19.4. The third-order valence-electron chi connectivity index (χ3n) is 5.79. The lowest BCUT2D eigenvalue weighted by molar-refractivity contribution is -0.141. The molecule has 3 N–H and O–H groups in total. The molecule has 8 nitrogen and oxygen atoms in total. The minimum Gasteiger partial charge on any atom is -0.457 e. The summed E-state index contributed by atoms with van der Waals surface area (Å²) in [6.45, 7) is -1.34. The topological polar surface area (TPSA) is 104 Å². The number of nitrogens with one attached hydrogen (secondary N) is 3. The zero-order valence-corrected chi connectivity index (χ0v) is 21.9. The molecule has 0 fully saturated rings. The fourth-order valence-electron chi connectivity index (χ4n) is 3.78. The second-order valence-electron chi connectivity index (χ2n) is 9.06. The summed E-state index contributed by atoms with van der Waals surface area (Å²) in [6, 6.07) is 19.5. The molecule has 0 spiro atoms. The molecule has 0 saturated carbocycles. The minimum atomic E-state index is -4.74. The number of nitrogens with zero attached hydrogens (tertiary/aromatic N) is 1. The molecule has 0 saturated heterocycles. The number of alkyl halides is 6. The molecular formula is C29H22F6N4O4. The number of halogens is 6. The van der Waals surface area contributed by atoms with Gasteiger partial charge >= 0.3 is 12.4 Å². The normalized spacial score (nSPS) is 11.5. The van der Waals surface area contributed by atoms with Crippen LogP contribution in [0.4, 0.5) is 37.7 Å². The Bertz CT molecular complexity index is 1570. The van der Waals surface area contributed by atoms with E-state index in [0.717, 1.165) is 35.2 Å². The molecule has 0 aliphatic carbocycles. The summed E-state index contributed by atoms with van der Waals surface area (Å²) in [5.41, 5.74) is -1.84. The molecule has 4 aromatic rings. The number of carbonyl (C=O) groups is 3. The van der Waals surface area contributed by atoms with Crippen molar-refractivity contribution in [3.05, 3.63) is 108 Å². The van der Waals surface area contributed by atoms with Crippen LogP contribution in [0.15, 0.2) is 91.0 Å². The number of H-pyrrole nitrogens is 1. The Balaban J connectivity index is 1.42. The van der Waals surface area contributed by atoms with E-state index in [2.05, 4.69) is 10.6 Å². The average Bonchev–Trinajstić information content (AvgIpc) is 3.45. The molecule has 0 atom stereocenters. The van der Waals surface area contributed by atoms with E-state index in [1.165, 1.54) is 24.3 Å². The second kappa shape index (κ2) is 12.7. The van der Waals surface area contributed by atoms with Crippen LogP contribution in [0.25, 0.3) is 0 Å². The molecule has 0 unspecified atom stereocenters. The van der Waals surface area contributed by atoms with Crippen LogP contribution in [0, 0.1) is 0 Å². The third kappa shape index (κ3) is 8.61. The van der Waals surface area contributed by atoms with Crippen LogP contribution in [0.2, 0.25) is 0 Å². The lowest BCUT2D eigenvalue weighted by atomic mass is 10.2. The first kappa shape index (κ1) is 30.7. The maximum Gasteiger partial charge on any atom is 0.431 e. The molecule has 3 aromatic carbocycles. The van der Waals surface area contributed by atoms with Gasteiger partial charge < -0.3 is 25.3 Å². The predicted molar refractivity (Wildman–Crippen MR) is 143 cm³/mol. The van der Waals surface area contributed by atoms with Crippen LogP contribution < -0.4 is 15.4 Å². The van der Waals surface area contributed by atoms with Gasteiger partial charge in [-0.15, -0.1) is 0 Å². The molecule has 0 radical (unpaired) electrons. The Kier molecular flexibility index (Phi) is 9.07. The van der Waals surface area contributed by atoms with Crippen LogP contribution in [-0.2, 0) is 21.9 Å². The van der Waals surface area contributed by atoms with Crippen molar-refractivity contribution in [2.24, 2.45) is 0 Å². The van der Waals surface area contributed by atoms with Gasteiger partial charge in [0.2, 0.25) is 11.8 Å². The largest absolute Gasteiger partial charge is 0.457 e. The van der Waals surface area contributed by atoms with Crippen molar-refractivity contribution in [2.75, 3.05) is 23.7 Å². The van der Waals surface area contributed by atoms with Gasteiger partial charge in [0, 0.05) is 11.4 Å². The van der Waals surface area contributed by atoms with E-state index >= 15 is 0 Å². The summed E-state index contributed by atoms with van der Waals surface area (Å²) in [5.74, 6) is -2.08. The summed E-state index contributed by atoms with van der Waals surface area (Å²) in [7, 11) is 0. The smallest absolute Gasteiger partial charge is 0.431 e. The highest BCUT2D eigenvalue weighted by Gasteiger charge is 2.34. The standard InChI is InChI=1S/C29H22F6N4O4/c30-28(31,32)18-6-10-21(11-7-18)43-22-12-8-20(9-13-22)37-26(41)17-39(16-25(40)36-19-4-2-1-3-5-19)27(42)23-14-15-24(38-23)29(33,34)35/h1-15,38H,16-17H2,(H,36,40)(H,37,41). The monoisotopic (exact) mass is 604 g/mol. The maximum absolute atomic E-state index is 13.0. The molecule has 0 bridgehead atoms. The van der Waals surface area contributed by atoms with Gasteiger partial charge in [-0.25, -0.2) is 0 Å². The summed E-state index contributed by atoms with van der Waals surface area (Å²) in [4.78, 5) is 41.2. The lowest BCUT2D eigenvalue weighted by Crippen LogP contribution is -2.42. The van der Waals surface area contributed by atoms with Gasteiger partial charge in [-0.05, 0) is 72.8 Å². The van der Waals surface area contributed by atoms with Gasteiger partial charge in [0.05, 0.1) is 5.56 Å². The second-order valence-corrected chi connectivity index (χ2v) is 9.06. The number of hydrogen-bond donors (Lipinski definition) is 3. The van der Waals surface area contributed by atoms with E-state index in [-0.39, 0.29) is 17.2 Å². The number of amides is 3. The average molecular weight is 605 g/mol. The molecule has 1 aromatic heterocycles. The van der Waals surface area contributed by atoms with Crippen LogP contribution in [0.3, 0.4) is 0 Å². The van der Waals surface area contributed by atoms with Crippen molar-refractivity contribution >= 4 is 29.1 Å². The van der Waals surface area contributed by atoms with E-state index < -0.39 is 60.1 Å². The van der Waals surface area contributed by atoms with Crippen molar-refractivity contribution in [3.63, 3.8) is 0 Å². The zero-order chi connectivity index (χ0) is 31.2. The van der Waals surface area contributed by atoms with Gasteiger partial charge in [-0.1, -0.05) is 18.2 Å². The van der Waals surface area contributed by atoms with Gasteiger partial charge in [-0.2, -0.15) is 26.3 Å². The fourth-order valence-corrected chi connectivity index (χ4v) is 3.78. The molecular weight excluding hydrogens is 582 g/mol. The van der Waals surface area contributed by atoms with Gasteiger partial charge in [0.1, 0.15) is 36.0 Å². The molecule has 1 heterocycles. The summed E-state index contributed by atoms with van der Waals surface area (Å²) in [6.07, 6.45) is -9.23. The first-order valence-corrected chi connectivity index (χ1v) is 12.4. The Labute approximate surface area is 240 Å². The zero-order valence-electron chi connectivity index (χ0n) is 21.9. The van der Waals surface area contributed by atoms with Crippen molar-refractivity contribution < 1.29 is 45.5 Å². The molecule has 0 aliphatic rings. The minimum absolute atomic E-state index is 0.144. The molecule has 43 heavy (non-hydrogen) atoms. The Morgan fingerprint density at radius 2 is 1.16 bits per heavy atom. The summed E-state index contributed by atoms with van der Waals surface area (Å²) >= 11 is 0. The van der Waals surface area contributed by atoms with Crippen LogP contribution in [0.1, 0.15) is 21.7 Å². The highest BCUT2D eigenvalue weighted by Crippen LogP contribution is 2.32. The van der Waals surface area contributed by atoms with Crippen LogP contribution in [-0.4, -0.2) is 40.7 Å². The summed E-state index contributed by atoms with van der Waals surface area (Å²) in [5, 5.41) is 5.05. The van der Waals surface area contributed by atoms with Gasteiger partial charge in [0.25, 0.3) is 5.91 Å². The predicted octanol–water partition coefficient (Wildman–Crippen LogP) is 6.56. The molecule has 3 amide bonds. The number of aromatic amines is 1. The molecule has 4 rings (SSSR count). The van der Waals surface area contributed by atoms with E-state index in [4.69, 9.17) is 4.74 Å². The van der Waals surface area contributed by atoms with E-state index in [9.17, 15) is 40.7 Å².